The van der Waals surface area contributed by atoms with E-state index < -0.39 is 5.60 Å². The van der Waals surface area contributed by atoms with Crippen LogP contribution in [0.3, 0.4) is 0 Å². The Morgan fingerprint density at radius 2 is 1.92 bits per heavy atom. The molecule has 5 rings (SSSR count). The van der Waals surface area contributed by atoms with Gasteiger partial charge in [-0.15, -0.1) is 0 Å². The van der Waals surface area contributed by atoms with Crippen molar-refractivity contribution < 1.29 is 14.3 Å². The number of carbonyl (C=O) groups is 1. The number of nitrogens with zero attached hydrogens (tertiary/aromatic N) is 3. The Kier molecular flexibility index (Phi) is 6.52. The van der Waals surface area contributed by atoms with Crippen LogP contribution in [0.25, 0.3) is 11.1 Å². The van der Waals surface area contributed by atoms with E-state index >= 15 is 0 Å². The highest BCUT2D eigenvalue weighted by atomic mass is 16.6. The minimum absolute atomic E-state index is 0.120. The lowest BCUT2D eigenvalue weighted by Gasteiger charge is -2.27. The molecule has 1 atom stereocenters. The third kappa shape index (κ3) is 5.13. The summed E-state index contributed by atoms with van der Waals surface area (Å²) in [6.45, 7) is 9.50. The molecule has 0 aliphatic carbocycles. The van der Waals surface area contributed by atoms with Crippen molar-refractivity contribution in [3.8, 4) is 16.9 Å². The number of carbonyl (C=O) groups excluding carboxylic acids is 1. The second-order valence-electron chi connectivity index (χ2n) is 10.5. The number of rotatable bonds is 5. The summed E-state index contributed by atoms with van der Waals surface area (Å²) in [5.74, 6) is 1.54. The Hall–Kier alpha value is -3.67. The van der Waals surface area contributed by atoms with Crippen LogP contribution in [0.4, 0.5) is 4.79 Å². The van der Waals surface area contributed by atoms with Gasteiger partial charge in [0.1, 0.15) is 17.2 Å². The lowest BCUT2D eigenvalue weighted by Crippen LogP contribution is -2.39. The molecule has 0 N–H and O–H groups in total. The molecule has 3 aromatic rings. The third-order valence-corrected chi connectivity index (χ3v) is 6.55. The van der Waals surface area contributed by atoms with Crippen molar-refractivity contribution >= 4 is 11.9 Å². The van der Waals surface area contributed by atoms with E-state index in [1.54, 1.807) is 4.90 Å². The highest BCUT2D eigenvalue weighted by Gasteiger charge is 2.33. The molecular formula is C30H33N3O3. The molecule has 0 fully saturated rings. The quantitative estimate of drug-likeness (QED) is 0.436. The van der Waals surface area contributed by atoms with Crippen LogP contribution < -0.4 is 4.74 Å². The number of fused-ring (bicyclic) bond motifs is 1. The molecule has 1 amide bonds. The minimum Gasteiger partial charge on any atom is -0.493 e. The van der Waals surface area contributed by atoms with E-state index in [2.05, 4.69) is 43.3 Å². The molecule has 1 unspecified atom stereocenters. The van der Waals surface area contributed by atoms with Crippen molar-refractivity contribution in [1.29, 1.82) is 0 Å². The van der Waals surface area contributed by atoms with Crippen molar-refractivity contribution in [3.63, 3.8) is 0 Å². The smallest absolute Gasteiger partial charge is 0.415 e. The summed E-state index contributed by atoms with van der Waals surface area (Å²) in [6, 6.07) is 19.0. The molecule has 186 valence electrons. The summed E-state index contributed by atoms with van der Waals surface area (Å²) in [6.07, 6.45) is 2.87. The molecule has 0 bridgehead atoms. The van der Waals surface area contributed by atoms with Crippen LogP contribution in [0.2, 0.25) is 0 Å². The number of amides is 1. The summed E-state index contributed by atoms with van der Waals surface area (Å²) in [7, 11) is 0. The second kappa shape index (κ2) is 9.76. The van der Waals surface area contributed by atoms with Crippen molar-refractivity contribution in [2.24, 2.45) is 4.99 Å². The number of aryl methyl sites for hydroxylation is 1. The van der Waals surface area contributed by atoms with Crippen molar-refractivity contribution in [2.75, 3.05) is 19.7 Å². The number of pyridine rings is 1. The first kappa shape index (κ1) is 24.0. The Bertz CT molecular complexity index is 1280. The maximum atomic E-state index is 13.0. The molecule has 36 heavy (non-hydrogen) atoms. The first-order valence-corrected chi connectivity index (χ1v) is 12.6. The first-order valence-electron chi connectivity index (χ1n) is 12.6. The van der Waals surface area contributed by atoms with Crippen LogP contribution in [0, 0.1) is 6.92 Å². The largest absolute Gasteiger partial charge is 0.493 e. The van der Waals surface area contributed by atoms with Gasteiger partial charge in [0, 0.05) is 36.2 Å². The molecule has 3 heterocycles. The van der Waals surface area contributed by atoms with E-state index in [0.29, 0.717) is 26.1 Å². The van der Waals surface area contributed by atoms with Crippen LogP contribution in [0.5, 0.6) is 5.75 Å². The predicted octanol–water partition coefficient (Wildman–Crippen LogP) is 6.16. The molecule has 2 aromatic carbocycles. The fraction of sp³-hybridized carbons (Fsp3) is 0.367. The minimum atomic E-state index is -0.567. The molecule has 0 saturated carbocycles. The fourth-order valence-electron chi connectivity index (χ4n) is 4.83. The van der Waals surface area contributed by atoms with Gasteiger partial charge < -0.3 is 9.47 Å². The average molecular weight is 484 g/mol. The Labute approximate surface area is 213 Å². The number of benzene rings is 2. The van der Waals surface area contributed by atoms with Gasteiger partial charge in [0.25, 0.3) is 0 Å². The fourth-order valence-corrected chi connectivity index (χ4v) is 4.83. The van der Waals surface area contributed by atoms with E-state index in [4.69, 9.17) is 19.5 Å². The number of amidine groups is 1. The van der Waals surface area contributed by atoms with Crippen LogP contribution in [0.15, 0.2) is 65.8 Å². The highest BCUT2D eigenvalue weighted by Crippen LogP contribution is 2.42. The van der Waals surface area contributed by atoms with E-state index in [1.165, 1.54) is 16.7 Å². The number of hydrogen-bond acceptors (Lipinski definition) is 5. The summed E-state index contributed by atoms with van der Waals surface area (Å²) >= 11 is 0. The monoisotopic (exact) mass is 483 g/mol. The van der Waals surface area contributed by atoms with Crippen LogP contribution in [-0.4, -0.2) is 47.1 Å². The van der Waals surface area contributed by atoms with Gasteiger partial charge in [-0.1, -0.05) is 35.9 Å². The first-order chi connectivity index (χ1) is 17.3. The summed E-state index contributed by atoms with van der Waals surface area (Å²) in [5, 5.41) is 0. The molecular weight excluding hydrogens is 450 g/mol. The van der Waals surface area contributed by atoms with E-state index in [1.807, 2.05) is 45.2 Å². The lowest BCUT2D eigenvalue weighted by atomic mass is 9.86. The second-order valence-corrected chi connectivity index (χ2v) is 10.5. The molecule has 0 radical (unpaired) electrons. The van der Waals surface area contributed by atoms with Crippen molar-refractivity contribution in [1.82, 2.24) is 9.88 Å². The van der Waals surface area contributed by atoms with Gasteiger partial charge in [-0.3, -0.25) is 14.9 Å². The zero-order valence-corrected chi connectivity index (χ0v) is 21.5. The Balaban J connectivity index is 1.56. The van der Waals surface area contributed by atoms with Crippen LogP contribution in [-0.2, 0) is 11.2 Å². The van der Waals surface area contributed by atoms with Crippen LogP contribution in [0.1, 0.15) is 55.5 Å². The molecule has 6 nitrogen and oxygen atoms in total. The number of aliphatic imine (C=N–C) groups is 1. The van der Waals surface area contributed by atoms with Crippen molar-refractivity contribution in [2.45, 2.75) is 52.1 Å². The van der Waals surface area contributed by atoms with E-state index in [-0.39, 0.29) is 12.0 Å². The molecule has 0 saturated heterocycles. The molecule has 2 aliphatic heterocycles. The van der Waals surface area contributed by atoms with E-state index in [9.17, 15) is 4.79 Å². The van der Waals surface area contributed by atoms with Gasteiger partial charge in [-0.2, -0.15) is 0 Å². The SMILES string of the molecule is Cc1ccc(-c2cc3c(c(C(CC4=NCCN4C(=O)OC(C)(C)C)c4ccccn4)c2)OCC3)cc1. The van der Waals surface area contributed by atoms with Gasteiger partial charge in [0.05, 0.1) is 19.7 Å². The topological polar surface area (TPSA) is 64.0 Å². The number of aromatic nitrogens is 1. The predicted molar refractivity (Wildman–Crippen MR) is 142 cm³/mol. The summed E-state index contributed by atoms with van der Waals surface area (Å²) in [4.78, 5) is 24.1. The molecule has 6 heteroatoms. The number of ether oxygens (including phenoxy) is 2. The standard InChI is InChI=1S/C30H33N3O3/c1-20-8-10-21(11-9-20)23-17-22-12-16-35-28(22)25(18-23)24(26-7-5-6-13-31-26)19-27-32-14-15-33(27)29(34)36-30(2,3)4/h5-11,13,17-18,24H,12,14-16,19H2,1-4H3. The normalized spacial score (nSPS) is 15.8. The van der Waals surface area contributed by atoms with Gasteiger partial charge >= 0.3 is 6.09 Å². The molecule has 0 spiro atoms. The molecule has 2 aliphatic rings. The summed E-state index contributed by atoms with van der Waals surface area (Å²) < 4.78 is 11.8. The zero-order chi connectivity index (χ0) is 25.3. The Morgan fingerprint density at radius 1 is 1.11 bits per heavy atom. The number of hydrogen-bond donors (Lipinski definition) is 0. The van der Waals surface area contributed by atoms with Crippen molar-refractivity contribution in [3.05, 3.63) is 83.2 Å². The van der Waals surface area contributed by atoms with E-state index in [0.717, 1.165) is 34.8 Å². The Morgan fingerprint density at radius 3 is 2.64 bits per heavy atom. The average Bonchev–Trinajstić information content (AvgIpc) is 3.51. The zero-order valence-electron chi connectivity index (χ0n) is 21.5. The molecule has 1 aromatic heterocycles. The maximum absolute atomic E-state index is 13.0. The van der Waals surface area contributed by atoms with Gasteiger partial charge in [0.15, 0.2) is 0 Å². The lowest BCUT2D eigenvalue weighted by molar-refractivity contribution is 0.0381. The highest BCUT2D eigenvalue weighted by molar-refractivity contribution is 5.97. The van der Waals surface area contributed by atoms with Crippen LogP contribution >= 0.6 is 0 Å². The third-order valence-electron chi connectivity index (χ3n) is 6.55. The summed E-state index contributed by atoms with van der Waals surface area (Å²) in [5.41, 5.74) is 6.21. The van der Waals surface area contributed by atoms with Gasteiger partial charge in [0.2, 0.25) is 0 Å². The van der Waals surface area contributed by atoms with Gasteiger partial charge in [-0.05, 0) is 68.7 Å². The van der Waals surface area contributed by atoms with Gasteiger partial charge in [-0.25, -0.2) is 4.79 Å². The maximum Gasteiger partial charge on any atom is 0.415 e.